The zero-order chi connectivity index (χ0) is 9.14. The summed E-state index contributed by atoms with van der Waals surface area (Å²) in [5.41, 5.74) is 6.12. The highest BCUT2D eigenvalue weighted by atomic mass is 32.2. The van der Waals surface area contributed by atoms with Crippen LogP contribution < -0.4 is 5.73 Å². The molecule has 1 aromatic carbocycles. The molecule has 0 heterocycles. The topological polar surface area (TPSA) is 69.2 Å². The molecule has 0 bridgehead atoms. The Morgan fingerprint density at radius 3 is 2.75 bits per heavy atom. The van der Waals surface area contributed by atoms with E-state index in [1.165, 1.54) is 23.9 Å². The van der Waals surface area contributed by atoms with Gasteiger partial charge in [0.25, 0.3) is 5.69 Å². The Morgan fingerprint density at radius 1 is 1.58 bits per heavy atom. The Morgan fingerprint density at radius 2 is 2.25 bits per heavy atom. The number of hydrogen-bond acceptors (Lipinski definition) is 4. The lowest BCUT2D eigenvalue weighted by molar-refractivity contribution is -0.387. The second-order valence-electron chi connectivity index (χ2n) is 2.19. The summed E-state index contributed by atoms with van der Waals surface area (Å²) in [7, 11) is 0. The molecule has 0 aliphatic heterocycles. The lowest BCUT2D eigenvalue weighted by atomic mass is 10.3. The van der Waals surface area contributed by atoms with Crippen molar-refractivity contribution in [2.45, 2.75) is 4.90 Å². The molecule has 0 unspecified atom stereocenters. The van der Waals surface area contributed by atoms with Crippen LogP contribution in [0.1, 0.15) is 0 Å². The zero-order valence-corrected chi connectivity index (χ0v) is 7.30. The van der Waals surface area contributed by atoms with E-state index in [9.17, 15) is 10.1 Å². The van der Waals surface area contributed by atoms with Gasteiger partial charge in [-0.2, -0.15) is 0 Å². The van der Waals surface area contributed by atoms with Crippen molar-refractivity contribution in [1.29, 1.82) is 0 Å². The van der Waals surface area contributed by atoms with Gasteiger partial charge in [0.05, 0.1) is 9.82 Å². The number of hydrogen-bond donors (Lipinski definition) is 1. The molecule has 0 spiro atoms. The van der Waals surface area contributed by atoms with E-state index in [4.69, 9.17) is 5.73 Å². The van der Waals surface area contributed by atoms with E-state index in [2.05, 4.69) is 0 Å². The van der Waals surface area contributed by atoms with E-state index in [-0.39, 0.29) is 5.69 Å². The smallest absolute Gasteiger partial charge is 0.283 e. The van der Waals surface area contributed by atoms with Gasteiger partial charge in [0.15, 0.2) is 0 Å². The Kier molecular flexibility index (Phi) is 2.54. The van der Waals surface area contributed by atoms with Gasteiger partial charge in [0.2, 0.25) is 0 Å². The number of anilines is 1. The summed E-state index contributed by atoms with van der Waals surface area (Å²) in [5, 5.41) is 10.4. The second-order valence-corrected chi connectivity index (χ2v) is 3.04. The molecule has 5 heteroatoms. The molecular weight excluding hydrogens is 176 g/mol. The third-order valence-corrected chi connectivity index (χ3v) is 2.17. The summed E-state index contributed by atoms with van der Waals surface area (Å²) in [4.78, 5) is 10.6. The molecule has 1 rings (SSSR count). The molecule has 12 heavy (non-hydrogen) atoms. The Labute approximate surface area is 73.9 Å². The summed E-state index contributed by atoms with van der Waals surface area (Å²) >= 11 is 1.32. The third-order valence-electron chi connectivity index (χ3n) is 1.40. The fraction of sp³-hybridized carbons (Fsp3) is 0.143. The first-order chi connectivity index (χ1) is 5.65. The van der Waals surface area contributed by atoms with Crippen LogP contribution in [0.5, 0.6) is 0 Å². The van der Waals surface area contributed by atoms with Crippen LogP contribution in [0.15, 0.2) is 23.1 Å². The molecule has 0 aromatic heterocycles. The van der Waals surface area contributed by atoms with Crippen LogP contribution in [-0.4, -0.2) is 11.2 Å². The average molecular weight is 184 g/mol. The number of nitrogen functional groups attached to an aromatic ring is 1. The van der Waals surface area contributed by atoms with Crippen LogP contribution in [0.25, 0.3) is 0 Å². The standard InChI is InChI=1S/C7H8N2O2S/c1-12-7-4-5(8)2-3-6(7)9(10)11/h2-4H,8H2,1H3. The van der Waals surface area contributed by atoms with Gasteiger partial charge in [0, 0.05) is 11.8 Å². The van der Waals surface area contributed by atoms with E-state index < -0.39 is 4.92 Å². The van der Waals surface area contributed by atoms with Crippen LogP contribution in [0.3, 0.4) is 0 Å². The number of rotatable bonds is 2. The molecule has 1 aromatic rings. The fourth-order valence-corrected chi connectivity index (χ4v) is 1.45. The minimum Gasteiger partial charge on any atom is -0.399 e. The van der Waals surface area contributed by atoms with Crippen LogP contribution in [0.2, 0.25) is 0 Å². The van der Waals surface area contributed by atoms with Crippen molar-refractivity contribution in [3.8, 4) is 0 Å². The predicted octanol–water partition coefficient (Wildman–Crippen LogP) is 1.90. The molecule has 0 aliphatic rings. The van der Waals surface area contributed by atoms with Gasteiger partial charge >= 0.3 is 0 Å². The molecule has 0 saturated carbocycles. The van der Waals surface area contributed by atoms with E-state index in [1.807, 2.05) is 0 Å². The van der Waals surface area contributed by atoms with Gasteiger partial charge in [-0.05, 0) is 18.4 Å². The number of nitro groups is 1. The maximum Gasteiger partial charge on any atom is 0.283 e. The Bertz CT molecular complexity index is 314. The summed E-state index contributed by atoms with van der Waals surface area (Å²) in [6, 6.07) is 4.54. The van der Waals surface area contributed by atoms with Crippen LogP contribution >= 0.6 is 11.8 Å². The molecule has 0 aliphatic carbocycles. The molecule has 64 valence electrons. The first kappa shape index (κ1) is 8.86. The molecule has 2 N–H and O–H groups in total. The minimum atomic E-state index is -0.411. The number of nitrogens with two attached hydrogens (primary N) is 1. The lowest BCUT2D eigenvalue weighted by Crippen LogP contribution is -1.92. The van der Waals surface area contributed by atoms with Crippen molar-refractivity contribution in [2.24, 2.45) is 0 Å². The van der Waals surface area contributed by atoms with Crippen molar-refractivity contribution < 1.29 is 4.92 Å². The monoisotopic (exact) mass is 184 g/mol. The van der Waals surface area contributed by atoms with Crippen molar-refractivity contribution >= 4 is 23.1 Å². The summed E-state index contributed by atoms with van der Waals surface area (Å²) in [5.74, 6) is 0. The van der Waals surface area contributed by atoms with E-state index in [0.29, 0.717) is 10.6 Å². The molecule has 0 fully saturated rings. The Balaban J connectivity index is 3.20. The highest BCUT2D eigenvalue weighted by Crippen LogP contribution is 2.28. The van der Waals surface area contributed by atoms with Gasteiger partial charge in [-0.3, -0.25) is 10.1 Å². The van der Waals surface area contributed by atoms with Crippen molar-refractivity contribution in [3.05, 3.63) is 28.3 Å². The first-order valence-corrected chi connectivity index (χ1v) is 4.45. The van der Waals surface area contributed by atoms with Crippen LogP contribution in [0, 0.1) is 10.1 Å². The van der Waals surface area contributed by atoms with Gasteiger partial charge < -0.3 is 5.73 Å². The summed E-state index contributed by atoms with van der Waals surface area (Å²) in [6.45, 7) is 0. The maximum absolute atomic E-state index is 10.4. The number of thioether (sulfide) groups is 1. The van der Waals surface area contributed by atoms with Gasteiger partial charge in [-0.15, -0.1) is 11.8 Å². The normalized spacial score (nSPS) is 9.75. The Hall–Kier alpha value is -1.23. The predicted molar refractivity (Wildman–Crippen MR) is 49.3 cm³/mol. The summed E-state index contributed by atoms with van der Waals surface area (Å²) in [6.07, 6.45) is 1.78. The minimum absolute atomic E-state index is 0.108. The molecular formula is C7H8N2O2S. The summed E-state index contributed by atoms with van der Waals surface area (Å²) < 4.78 is 0. The lowest BCUT2D eigenvalue weighted by Gasteiger charge is -1.99. The van der Waals surface area contributed by atoms with Gasteiger partial charge in [-0.1, -0.05) is 0 Å². The molecule has 0 saturated heterocycles. The molecule has 0 atom stereocenters. The third kappa shape index (κ3) is 1.68. The van der Waals surface area contributed by atoms with Crippen molar-refractivity contribution in [1.82, 2.24) is 0 Å². The van der Waals surface area contributed by atoms with Gasteiger partial charge in [-0.25, -0.2) is 0 Å². The van der Waals surface area contributed by atoms with E-state index >= 15 is 0 Å². The quantitative estimate of drug-likeness (QED) is 0.330. The molecule has 4 nitrogen and oxygen atoms in total. The fourth-order valence-electron chi connectivity index (χ4n) is 0.845. The number of benzene rings is 1. The highest BCUT2D eigenvalue weighted by Gasteiger charge is 2.11. The van der Waals surface area contributed by atoms with E-state index in [0.717, 1.165) is 0 Å². The maximum atomic E-state index is 10.4. The average Bonchev–Trinajstić information content (AvgIpc) is 2.03. The zero-order valence-electron chi connectivity index (χ0n) is 6.48. The molecule has 0 amide bonds. The second kappa shape index (κ2) is 3.44. The first-order valence-electron chi connectivity index (χ1n) is 3.23. The van der Waals surface area contributed by atoms with Crippen LogP contribution in [0.4, 0.5) is 11.4 Å². The largest absolute Gasteiger partial charge is 0.399 e. The van der Waals surface area contributed by atoms with E-state index in [1.54, 1.807) is 12.3 Å². The number of nitro benzene ring substituents is 1. The van der Waals surface area contributed by atoms with Gasteiger partial charge in [0.1, 0.15) is 0 Å². The number of nitrogens with zero attached hydrogens (tertiary/aromatic N) is 1. The van der Waals surface area contributed by atoms with Crippen molar-refractivity contribution in [3.63, 3.8) is 0 Å². The highest BCUT2D eigenvalue weighted by molar-refractivity contribution is 7.98. The SMILES string of the molecule is CSc1cc(N)ccc1[N+](=O)[O-]. The van der Waals surface area contributed by atoms with Crippen molar-refractivity contribution in [2.75, 3.05) is 12.0 Å². The van der Waals surface area contributed by atoms with Crippen LogP contribution in [-0.2, 0) is 0 Å². The molecule has 0 radical (unpaired) electrons.